The van der Waals surface area contributed by atoms with E-state index in [-0.39, 0.29) is 18.1 Å². The number of carbonyl (C=O) groups is 1. The third-order valence-corrected chi connectivity index (χ3v) is 5.26. The monoisotopic (exact) mass is 338 g/mol. The SMILES string of the molecule is O=C1C[C@@]2(CCN(c3ncccn3)C2)CN1c1ccc2c(c1)OCO2. The maximum absolute atomic E-state index is 12.7. The number of nitrogens with zero attached hydrogens (tertiary/aromatic N) is 4. The van der Waals surface area contributed by atoms with Crippen LogP contribution in [0.4, 0.5) is 11.6 Å². The van der Waals surface area contributed by atoms with Gasteiger partial charge in [0.15, 0.2) is 11.5 Å². The standard InChI is InChI=1S/C18H18N4O3/c23-16-9-18(4-7-21(10-18)17-19-5-1-6-20-17)11-22(16)13-2-3-14-15(8-13)25-12-24-14/h1-3,5-6,8H,4,7,9-12H2/t18-/m1/s1. The van der Waals surface area contributed by atoms with E-state index in [0.717, 1.165) is 43.4 Å². The van der Waals surface area contributed by atoms with Gasteiger partial charge in [0.25, 0.3) is 0 Å². The molecule has 5 rings (SSSR count). The second-order valence-electron chi connectivity index (χ2n) is 6.91. The van der Waals surface area contributed by atoms with Gasteiger partial charge in [0.2, 0.25) is 18.6 Å². The zero-order chi connectivity index (χ0) is 16.9. The summed E-state index contributed by atoms with van der Waals surface area (Å²) >= 11 is 0. The first-order valence-corrected chi connectivity index (χ1v) is 8.45. The van der Waals surface area contributed by atoms with E-state index >= 15 is 0 Å². The summed E-state index contributed by atoms with van der Waals surface area (Å²) in [7, 11) is 0. The van der Waals surface area contributed by atoms with Gasteiger partial charge < -0.3 is 19.3 Å². The second-order valence-corrected chi connectivity index (χ2v) is 6.91. The first-order valence-electron chi connectivity index (χ1n) is 8.45. The molecule has 0 bridgehead atoms. The molecule has 3 aliphatic rings. The predicted octanol–water partition coefficient (Wildman–Crippen LogP) is 1.84. The average Bonchev–Trinajstić information content (AvgIpc) is 3.34. The van der Waals surface area contributed by atoms with Crippen LogP contribution in [-0.2, 0) is 4.79 Å². The highest BCUT2D eigenvalue weighted by molar-refractivity contribution is 5.97. The molecule has 2 aromatic rings. The normalized spacial score (nSPS) is 24.6. The molecule has 7 heteroatoms. The summed E-state index contributed by atoms with van der Waals surface area (Å²) in [6, 6.07) is 7.51. The number of ether oxygens (including phenoxy) is 2. The topological polar surface area (TPSA) is 67.8 Å². The van der Waals surface area contributed by atoms with Crippen molar-refractivity contribution in [3.63, 3.8) is 0 Å². The van der Waals surface area contributed by atoms with Crippen molar-refractivity contribution in [2.75, 3.05) is 36.2 Å². The van der Waals surface area contributed by atoms with E-state index in [1.54, 1.807) is 12.4 Å². The van der Waals surface area contributed by atoms with Crippen LogP contribution in [0.3, 0.4) is 0 Å². The van der Waals surface area contributed by atoms with E-state index in [1.165, 1.54) is 0 Å². The van der Waals surface area contributed by atoms with Crippen LogP contribution in [0.2, 0.25) is 0 Å². The van der Waals surface area contributed by atoms with Gasteiger partial charge in [-0.2, -0.15) is 0 Å². The largest absolute Gasteiger partial charge is 0.454 e. The highest BCUT2D eigenvalue weighted by Gasteiger charge is 2.48. The first-order chi connectivity index (χ1) is 12.2. The van der Waals surface area contributed by atoms with Gasteiger partial charge >= 0.3 is 0 Å². The molecule has 25 heavy (non-hydrogen) atoms. The van der Waals surface area contributed by atoms with E-state index in [9.17, 15) is 4.79 Å². The van der Waals surface area contributed by atoms with E-state index in [1.807, 2.05) is 29.2 Å². The molecule has 0 unspecified atom stereocenters. The van der Waals surface area contributed by atoms with Crippen LogP contribution in [0.5, 0.6) is 11.5 Å². The molecular weight excluding hydrogens is 320 g/mol. The Hall–Kier alpha value is -2.83. The quantitative estimate of drug-likeness (QED) is 0.832. The van der Waals surface area contributed by atoms with Crippen molar-refractivity contribution in [1.29, 1.82) is 0 Å². The van der Waals surface area contributed by atoms with Crippen LogP contribution in [0, 0.1) is 5.41 Å². The summed E-state index contributed by atoms with van der Waals surface area (Å²) in [6.45, 7) is 2.65. The number of amides is 1. The smallest absolute Gasteiger partial charge is 0.231 e. The van der Waals surface area contributed by atoms with E-state index in [0.29, 0.717) is 12.2 Å². The second kappa shape index (κ2) is 5.34. The molecule has 1 spiro atoms. The van der Waals surface area contributed by atoms with Gasteiger partial charge in [0.05, 0.1) is 0 Å². The van der Waals surface area contributed by atoms with E-state index in [4.69, 9.17) is 9.47 Å². The molecule has 3 aliphatic heterocycles. The zero-order valence-corrected chi connectivity index (χ0v) is 13.7. The number of carbonyl (C=O) groups excluding carboxylic acids is 1. The van der Waals surface area contributed by atoms with Crippen molar-refractivity contribution in [3.05, 3.63) is 36.7 Å². The summed E-state index contributed by atoms with van der Waals surface area (Å²) < 4.78 is 10.8. The Kier molecular flexibility index (Phi) is 3.10. The summed E-state index contributed by atoms with van der Waals surface area (Å²) in [5, 5.41) is 0. The molecule has 1 atom stereocenters. The van der Waals surface area contributed by atoms with E-state index < -0.39 is 0 Å². The summed E-state index contributed by atoms with van der Waals surface area (Å²) in [5.41, 5.74) is 0.840. The lowest BCUT2D eigenvalue weighted by atomic mass is 9.86. The van der Waals surface area contributed by atoms with Gasteiger partial charge in [-0.05, 0) is 24.6 Å². The van der Waals surface area contributed by atoms with Gasteiger partial charge in [0, 0.05) is 55.6 Å². The Bertz CT molecular complexity index is 828. The molecule has 1 amide bonds. The number of benzene rings is 1. The molecule has 0 N–H and O–H groups in total. The number of fused-ring (bicyclic) bond motifs is 1. The van der Waals surface area contributed by atoms with Crippen molar-refractivity contribution in [1.82, 2.24) is 9.97 Å². The minimum absolute atomic E-state index is 0.0351. The Morgan fingerprint density at radius 3 is 2.80 bits per heavy atom. The van der Waals surface area contributed by atoms with Crippen LogP contribution in [0.15, 0.2) is 36.7 Å². The zero-order valence-electron chi connectivity index (χ0n) is 13.7. The number of hydrogen-bond acceptors (Lipinski definition) is 6. The van der Waals surface area contributed by atoms with Crippen molar-refractivity contribution in [3.8, 4) is 11.5 Å². The van der Waals surface area contributed by atoms with Crippen LogP contribution in [0.1, 0.15) is 12.8 Å². The highest BCUT2D eigenvalue weighted by atomic mass is 16.7. The van der Waals surface area contributed by atoms with Crippen LogP contribution < -0.4 is 19.3 Å². The first kappa shape index (κ1) is 14.5. The molecule has 7 nitrogen and oxygen atoms in total. The van der Waals surface area contributed by atoms with Gasteiger partial charge in [0.1, 0.15) is 0 Å². The Morgan fingerprint density at radius 1 is 1.08 bits per heavy atom. The molecule has 2 fully saturated rings. The number of rotatable bonds is 2. The van der Waals surface area contributed by atoms with Gasteiger partial charge in [-0.15, -0.1) is 0 Å². The molecule has 0 aliphatic carbocycles. The Morgan fingerprint density at radius 2 is 1.92 bits per heavy atom. The van der Waals surface area contributed by atoms with Gasteiger partial charge in [-0.3, -0.25) is 4.79 Å². The van der Waals surface area contributed by atoms with Crippen LogP contribution >= 0.6 is 0 Å². The summed E-state index contributed by atoms with van der Waals surface area (Å²) in [4.78, 5) is 25.4. The fraction of sp³-hybridized carbons (Fsp3) is 0.389. The van der Waals surface area contributed by atoms with Crippen molar-refractivity contribution < 1.29 is 14.3 Å². The molecular formula is C18H18N4O3. The molecule has 4 heterocycles. The fourth-order valence-electron chi connectivity index (χ4n) is 4.02. The van der Waals surface area contributed by atoms with E-state index in [2.05, 4.69) is 14.9 Å². The van der Waals surface area contributed by atoms with Crippen LogP contribution in [0.25, 0.3) is 0 Å². The lowest BCUT2D eigenvalue weighted by molar-refractivity contribution is -0.117. The molecule has 1 aromatic heterocycles. The maximum atomic E-state index is 12.7. The molecule has 0 radical (unpaired) electrons. The lowest BCUT2D eigenvalue weighted by Crippen LogP contribution is -2.31. The minimum atomic E-state index is -0.0351. The summed E-state index contributed by atoms with van der Waals surface area (Å²) in [6.07, 6.45) is 5.04. The lowest BCUT2D eigenvalue weighted by Gasteiger charge is -2.24. The van der Waals surface area contributed by atoms with Gasteiger partial charge in [-0.1, -0.05) is 0 Å². The van der Waals surface area contributed by atoms with Crippen molar-refractivity contribution in [2.45, 2.75) is 12.8 Å². The number of anilines is 2. The predicted molar refractivity (Wildman–Crippen MR) is 90.8 cm³/mol. The minimum Gasteiger partial charge on any atom is -0.454 e. The number of aromatic nitrogens is 2. The molecule has 1 aromatic carbocycles. The third-order valence-electron chi connectivity index (χ3n) is 5.26. The fourth-order valence-corrected chi connectivity index (χ4v) is 4.02. The van der Waals surface area contributed by atoms with Crippen LogP contribution in [-0.4, -0.2) is 42.3 Å². The molecule has 128 valence electrons. The maximum Gasteiger partial charge on any atom is 0.231 e. The van der Waals surface area contributed by atoms with Gasteiger partial charge in [-0.25, -0.2) is 9.97 Å². The summed E-state index contributed by atoms with van der Waals surface area (Å²) in [5.74, 6) is 2.35. The molecule has 2 saturated heterocycles. The van der Waals surface area contributed by atoms with Crippen molar-refractivity contribution in [2.24, 2.45) is 5.41 Å². The molecule has 0 saturated carbocycles. The number of hydrogen-bond donors (Lipinski definition) is 0. The third kappa shape index (κ3) is 2.38. The Balaban J connectivity index is 1.37. The Labute approximate surface area is 145 Å². The van der Waals surface area contributed by atoms with Crippen molar-refractivity contribution >= 4 is 17.5 Å². The average molecular weight is 338 g/mol. The highest BCUT2D eigenvalue weighted by Crippen LogP contribution is 2.44.